The number of fused-ring (bicyclic) bond motifs is 2. The Bertz CT molecular complexity index is 479. The highest BCUT2D eigenvalue weighted by molar-refractivity contribution is 5.28. The minimum absolute atomic E-state index is 0.340. The lowest BCUT2D eigenvalue weighted by Gasteiger charge is -2.36. The summed E-state index contributed by atoms with van der Waals surface area (Å²) in [5.41, 5.74) is 4.72. The third kappa shape index (κ3) is 1.52. The molecule has 0 radical (unpaired) electrons. The zero-order valence-electron chi connectivity index (χ0n) is 10.6. The molecule has 1 saturated heterocycles. The van der Waals surface area contributed by atoms with Crippen LogP contribution < -0.4 is 0 Å². The smallest absolute Gasteiger partial charge is 0.130 e. The van der Waals surface area contributed by atoms with Gasteiger partial charge in [0.05, 0.1) is 12.6 Å². The Hall–Kier alpha value is -1.28. The second kappa shape index (κ2) is 4.13. The SMILES string of the molecule is c1ccc([C@H]2CO[C@@H]3CCC4=C(CCC4)N23)cc1. The number of allylic oxidation sites excluding steroid dienone is 2. The van der Waals surface area contributed by atoms with E-state index in [1.54, 1.807) is 11.3 Å². The first kappa shape index (κ1) is 10.6. The van der Waals surface area contributed by atoms with E-state index in [2.05, 4.69) is 35.2 Å². The lowest BCUT2D eigenvalue weighted by molar-refractivity contribution is 0.0332. The first-order valence-electron chi connectivity index (χ1n) is 7.09. The van der Waals surface area contributed by atoms with Crippen molar-refractivity contribution >= 4 is 0 Å². The Morgan fingerprint density at radius 3 is 2.83 bits per heavy atom. The van der Waals surface area contributed by atoms with E-state index in [1.165, 1.54) is 37.7 Å². The summed E-state index contributed by atoms with van der Waals surface area (Å²) in [6.07, 6.45) is 6.71. The minimum Gasteiger partial charge on any atom is -0.356 e. The van der Waals surface area contributed by atoms with Crippen molar-refractivity contribution in [2.24, 2.45) is 0 Å². The van der Waals surface area contributed by atoms with Crippen LogP contribution in [-0.4, -0.2) is 17.7 Å². The number of hydrogen-bond donors (Lipinski definition) is 0. The van der Waals surface area contributed by atoms with E-state index >= 15 is 0 Å². The van der Waals surface area contributed by atoms with E-state index in [0.717, 1.165) is 6.61 Å². The summed E-state index contributed by atoms with van der Waals surface area (Å²) in [6, 6.07) is 11.3. The Kier molecular flexibility index (Phi) is 2.44. The lowest BCUT2D eigenvalue weighted by atomic mass is 9.99. The first-order chi connectivity index (χ1) is 8.93. The minimum atomic E-state index is 0.340. The van der Waals surface area contributed by atoms with Crippen LogP contribution in [-0.2, 0) is 4.74 Å². The van der Waals surface area contributed by atoms with E-state index < -0.39 is 0 Å². The predicted molar refractivity (Wildman–Crippen MR) is 70.9 cm³/mol. The molecule has 0 spiro atoms. The Labute approximate surface area is 108 Å². The van der Waals surface area contributed by atoms with Crippen LogP contribution in [0.2, 0.25) is 0 Å². The summed E-state index contributed by atoms with van der Waals surface area (Å²) in [5, 5.41) is 0. The van der Waals surface area contributed by atoms with Gasteiger partial charge in [-0.3, -0.25) is 0 Å². The topological polar surface area (TPSA) is 12.5 Å². The molecule has 4 rings (SSSR count). The van der Waals surface area contributed by atoms with Gasteiger partial charge >= 0.3 is 0 Å². The van der Waals surface area contributed by atoms with Gasteiger partial charge in [-0.05, 0) is 37.7 Å². The van der Waals surface area contributed by atoms with Crippen LogP contribution >= 0.6 is 0 Å². The summed E-state index contributed by atoms with van der Waals surface area (Å²) in [6.45, 7) is 0.853. The molecule has 0 amide bonds. The second-order valence-corrected chi connectivity index (χ2v) is 5.56. The van der Waals surface area contributed by atoms with Gasteiger partial charge in [-0.25, -0.2) is 0 Å². The van der Waals surface area contributed by atoms with E-state index in [4.69, 9.17) is 4.74 Å². The van der Waals surface area contributed by atoms with Gasteiger partial charge in [0.1, 0.15) is 6.23 Å². The lowest BCUT2D eigenvalue weighted by Crippen LogP contribution is -2.34. The molecule has 2 heterocycles. The molecule has 18 heavy (non-hydrogen) atoms. The average Bonchev–Trinajstić information content (AvgIpc) is 3.05. The number of nitrogens with zero attached hydrogens (tertiary/aromatic N) is 1. The van der Waals surface area contributed by atoms with Crippen LogP contribution in [0.5, 0.6) is 0 Å². The summed E-state index contributed by atoms with van der Waals surface area (Å²) >= 11 is 0. The highest BCUT2D eigenvalue weighted by Crippen LogP contribution is 2.45. The van der Waals surface area contributed by atoms with Crippen molar-refractivity contribution in [3.05, 3.63) is 47.2 Å². The summed E-state index contributed by atoms with van der Waals surface area (Å²) in [4.78, 5) is 2.58. The quantitative estimate of drug-likeness (QED) is 0.744. The van der Waals surface area contributed by atoms with Gasteiger partial charge < -0.3 is 9.64 Å². The standard InChI is InChI=1S/C16H19NO/c1-2-5-12(6-3-1)15-11-18-16-10-9-13-7-4-8-14(13)17(15)16/h1-3,5-6,15-16H,4,7-11H2/t15-,16-/m1/s1. The van der Waals surface area contributed by atoms with Gasteiger partial charge in [0.25, 0.3) is 0 Å². The predicted octanol–water partition coefficient (Wildman–Crippen LogP) is 3.62. The molecule has 2 aliphatic heterocycles. The average molecular weight is 241 g/mol. The zero-order valence-corrected chi connectivity index (χ0v) is 10.6. The second-order valence-electron chi connectivity index (χ2n) is 5.56. The highest BCUT2D eigenvalue weighted by Gasteiger charge is 2.40. The van der Waals surface area contributed by atoms with Crippen LogP contribution in [0.1, 0.15) is 43.7 Å². The molecule has 2 heteroatoms. The fourth-order valence-corrected chi connectivity index (χ4v) is 3.75. The Balaban J connectivity index is 1.72. The van der Waals surface area contributed by atoms with Crippen molar-refractivity contribution in [1.82, 2.24) is 4.90 Å². The molecule has 0 N–H and O–H groups in total. The van der Waals surface area contributed by atoms with E-state index in [0.29, 0.717) is 12.3 Å². The first-order valence-corrected chi connectivity index (χ1v) is 7.09. The molecule has 1 fully saturated rings. The third-order valence-corrected chi connectivity index (χ3v) is 4.58. The van der Waals surface area contributed by atoms with Gasteiger partial charge in [-0.2, -0.15) is 0 Å². The van der Waals surface area contributed by atoms with Crippen molar-refractivity contribution < 1.29 is 4.74 Å². The molecule has 0 saturated carbocycles. The van der Waals surface area contributed by atoms with Crippen LogP contribution in [0, 0.1) is 0 Å². The molecule has 0 aromatic heterocycles. The van der Waals surface area contributed by atoms with Crippen LogP contribution in [0.25, 0.3) is 0 Å². The molecule has 0 unspecified atom stereocenters. The van der Waals surface area contributed by atoms with Crippen LogP contribution in [0.3, 0.4) is 0 Å². The van der Waals surface area contributed by atoms with Gasteiger partial charge in [-0.15, -0.1) is 0 Å². The molecule has 0 bridgehead atoms. The Morgan fingerprint density at radius 1 is 1.06 bits per heavy atom. The molecule has 94 valence electrons. The third-order valence-electron chi connectivity index (χ3n) is 4.58. The van der Waals surface area contributed by atoms with E-state index in [-0.39, 0.29) is 0 Å². The number of ether oxygens (including phenoxy) is 1. The van der Waals surface area contributed by atoms with Crippen LogP contribution in [0.15, 0.2) is 41.6 Å². The van der Waals surface area contributed by atoms with E-state index in [9.17, 15) is 0 Å². The van der Waals surface area contributed by atoms with Gasteiger partial charge in [-0.1, -0.05) is 35.9 Å². The van der Waals surface area contributed by atoms with Crippen molar-refractivity contribution in [3.8, 4) is 0 Å². The maximum atomic E-state index is 6.02. The number of rotatable bonds is 1. The molecular formula is C16H19NO. The van der Waals surface area contributed by atoms with Crippen molar-refractivity contribution in [1.29, 1.82) is 0 Å². The molecular weight excluding hydrogens is 222 g/mol. The highest BCUT2D eigenvalue weighted by atomic mass is 16.5. The van der Waals surface area contributed by atoms with Crippen LogP contribution in [0.4, 0.5) is 0 Å². The molecule has 3 aliphatic rings. The summed E-state index contributed by atoms with van der Waals surface area (Å²) < 4.78 is 6.02. The maximum Gasteiger partial charge on any atom is 0.130 e. The van der Waals surface area contributed by atoms with E-state index in [1.807, 2.05) is 0 Å². The summed E-state index contributed by atoms with van der Waals surface area (Å²) in [7, 11) is 0. The molecule has 2 atom stereocenters. The molecule has 2 nitrogen and oxygen atoms in total. The fourth-order valence-electron chi connectivity index (χ4n) is 3.75. The van der Waals surface area contributed by atoms with Gasteiger partial charge in [0, 0.05) is 5.70 Å². The molecule has 1 aromatic rings. The van der Waals surface area contributed by atoms with Crippen molar-refractivity contribution in [2.75, 3.05) is 6.61 Å². The van der Waals surface area contributed by atoms with Crippen molar-refractivity contribution in [2.45, 2.75) is 44.4 Å². The van der Waals surface area contributed by atoms with Gasteiger partial charge in [0.2, 0.25) is 0 Å². The normalized spacial score (nSPS) is 30.6. The maximum absolute atomic E-state index is 6.02. The van der Waals surface area contributed by atoms with Crippen molar-refractivity contribution in [3.63, 3.8) is 0 Å². The largest absolute Gasteiger partial charge is 0.356 e. The van der Waals surface area contributed by atoms with Gasteiger partial charge in [0.15, 0.2) is 0 Å². The molecule has 1 aliphatic carbocycles. The Morgan fingerprint density at radius 2 is 1.94 bits per heavy atom. The summed E-state index contributed by atoms with van der Waals surface area (Å²) in [5.74, 6) is 0. The zero-order chi connectivity index (χ0) is 11.9. The number of benzene rings is 1. The number of hydrogen-bond acceptors (Lipinski definition) is 2. The molecule has 1 aromatic carbocycles. The fraction of sp³-hybridized carbons (Fsp3) is 0.500. The monoisotopic (exact) mass is 241 g/mol.